The predicted molar refractivity (Wildman–Crippen MR) is 90.7 cm³/mol. The van der Waals surface area contributed by atoms with Gasteiger partial charge in [-0.2, -0.15) is 0 Å². The molecule has 0 saturated carbocycles. The molecule has 1 fully saturated rings. The molecule has 124 valence electrons. The van der Waals surface area contributed by atoms with E-state index >= 15 is 0 Å². The van der Waals surface area contributed by atoms with Crippen LogP contribution in [0.25, 0.3) is 0 Å². The van der Waals surface area contributed by atoms with E-state index in [1.54, 1.807) is 0 Å². The van der Waals surface area contributed by atoms with Crippen molar-refractivity contribution >= 4 is 0 Å². The molecule has 0 radical (unpaired) electrons. The fourth-order valence-electron chi connectivity index (χ4n) is 3.08. The lowest BCUT2D eigenvalue weighted by Crippen LogP contribution is -2.37. The van der Waals surface area contributed by atoms with E-state index < -0.39 is 0 Å². The molecule has 22 heavy (non-hydrogen) atoms. The van der Waals surface area contributed by atoms with Crippen LogP contribution in [0.5, 0.6) is 0 Å². The molecule has 1 unspecified atom stereocenters. The first-order valence-corrected chi connectivity index (χ1v) is 8.70. The van der Waals surface area contributed by atoms with Gasteiger partial charge in [0.05, 0.1) is 11.8 Å². The molecule has 4 nitrogen and oxygen atoms in total. The minimum absolute atomic E-state index is 0.0750. The monoisotopic (exact) mass is 305 g/mol. The third kappa shape index (κ3) is 6.03. The van der Waals surface area contributed by atoms with Gasteiger partial charge in [0.15, 0.2) is 0 Å². The van der Waals surface area contributed by atoms with Gasteiger partial charge in [0, 0.05) is 25.3 Å². The van der Waals surface area contributed by atoms with Crippen LogP contribution in [0.15, 0.2) is 24.4 Å². The minimum Gasteiger partial charge on any atom is -0.393 e. The van der Waals surface area contributed by atoms with Gasteiger partial charge in [-0.25, -0.2) is 0 Å². The number of aliphatic hydroxyl groups is 1. The van der Waals surface area contributed by atoms with Crippen molar-refractivity contribution in [2.75, 3.05) is 26.2 Å². The highest BCUT2D eigenvalue weighted by Crippen LogP contribution is 2.19. The molecule has 1 aromatic heterocycles. The summed E-state index contributed by atoms with van der Waals surface area (Å²) in [7, 11) is 0. The fraction of sp³-hybridized carbons (Fsp3) is 0.722. The van der Waals surface area contributed by atoms with Crippen molar-refractivity contribution in [1.29, 1.82) is 0 Å². The lowest BCUT2D eigenvalue weighted by Gasteiger charge is -2.29. The molecule has 0 aromatic carbocycles. The lowest BCUT2D eigenvalue weighted by atomic mass is 10.0. The lowest BCUT2D eigenvalue weighted by molar-refractivity contribution is 0.0820. The fourth-order valence-corrected chi connectivity index (χ4v) is 3.08. The molecule has 4 heteroatoms. The third-order valence-corrected chi connectivity index (χ3v) is 4.35. The molecule has 1 aliphatic heterocycles. The summed E-state index contributed by atoms with van der Waals surface area (Å²) in [5.74, 6) is 0.656. The third-order valence-electron chi connectivity index (χ3n) is 4.35. The van der Waals surface area contributed by atoms with Gasteiger partial charge in [0.1, 0.15) is 0 Å². The summed E-state index contributed by atoms with van der Waals surface area (Å²) in [6, 6.07) is 6.51. The number of hydrogen-bond acceptors (Lipinski definition) is 4. The second kappa shape index (κ2) is 9.23. The van der Waals surface area contributed by atoms with Crippen molar-refractivity contribution in [3.05, 3.63) is 30.1 Å². The summed E-state index contributed by atoms with van der Waals surface area (Å²) >= 11 is 0. The second-order valence-electron chi connectivity index (χ2n) is 6.82. The van der Waals surface area contributed by atoms with Crippen molar-refractivity contribution in [1.82, 2.24) is 15.2 Å². The predicted octanol–water partition coefficient (Wildman–Crippen LogP) is 2.61. The van der Waals surface area contributed by atoms with Crippen LogP contribution < -0.4 is 5.32 Å². The van der Waals surface area contributed by atoms with Crippen molar-refractivity contribution in [3.63, 3.8) is 0 Å². The van der Waals surface area contributed by atoms with Crippen molar-refractivity contribution < 1.29 is 5.11 Å². The normalized spacial score (nSPS) is 18.7. The molecule has 1 aromatic rings. The van der Waals surface area contributed by atoms with E-state index in [1.807, 2.05) is 12.3 Å². The molecular formula is C18H31N3O. The SMILES string of the molecule is CC(C)CC(NCCCN1CCC(O)CC1)c1ccccn1. The summed E-state index contributed by atoms with van der Waals surface area (Å²) in [5.41, 5.74) is 1.15. The number of hydrogen-bond donors (Lipinski definition) is 2. The first kappa shape index (κ1) is 17.4. The Hall–Kier alpha value is -0.970. The van der Waals surface area contributed by atoms with E-state index in [9.17, 15) is 5.11 Å². The van der Waals surface area contributed by atoms with Gasteiger partial charge in [-0.15, -0.1) is 0 Å². The summed E-state index contributed by atoms with van der Waals surface area (Å²) in [4.78, 5) is 6.97. The smallest absolute Gasteiger partial charge is 0.0573 e. The summed E-state index contributed by atoms with van der Waals surface area (Å²) in [6.45, 7) is 8.74. The Morgan fingerprint density at radius 2 is 2.09 bits per heavy atom. The van der Waals surface area contributed by atoms with Crippen LogP contribution in [-0.4, -0.2) is 47.3 Å². The molecule has 2 N–H and O–H groups in total. The quantitative estimate of drug-likeness (QED) is 0.725. The van der Waals surface area contributed by atoms with E-state index in [4.69, 9.17) is 0 Å². The Balaban J connectivity index is 1.72. The number of aromatic nitrogens is 1. The molecule has 1 saturated heterocycles. The zero-order valence-electron chi connectivity index (χ0n) is 14.0. The van der Waals surface area contributed by atoms with Gasteiger partial charge < -0.3 is 15.3 Å². The van der Waals surface area contributed by atoms with Gasteiger partial charge in [0.2, 0.25) is 0 Å². The van der Waals surface area contributed by atoms with Gasteiger partial charge in [-0.1, -0.05) is 19.9 Å². The molecule has 0 aliphatic carbocycles. The number of nitrogens with one attached hydrogen (secondary N) is 1. The largest absolute Gasteiger partial charge is 0.393 e. The van der Waals surface area contributed by atoms with Crippen molar-refractivity contribution in [2.45, 2.75) is 51.7 Å². The number of pyridine rings is 1. The van der Waals surface area contributed by atoms with Crippen LogP contribution >= 0.6 is 0 Å². The Labute approximate surface area is 134 Å². The van der Waals surface area contributed by atoms with Gasteiger partial charge in [-0.05, 0) is 56.8 Å². The van der Waals surface area contributed by atoms with E-state index in [0.29, 0.717) is 12.0 Å². The number of likely N-dealkylation sites (tertiary alicyclic amines) is 1. The molecular weight excluding hydrogens is 274 g/mol. The molecule has 1 atom stereocenters. The summed E-state index contributed by atoms with van der Waals surface area (Å²) < 4.78 is 0. The Morgan fingerprint density at radius 3 is 2.73 bits per heavy atom. The van der Waals surface area contributed by atoms with Crippen molar-refractivity contribution in [3.8, 4) is 0 Å². The summed E-state index contributed by atoms with van der Waals surface area (Å²) in [6.07, 6.45) is 5.93. The van der Waals surface area contributed by atoms with Crippen LogP contribution in [0, 0.1) is 5.92 Å². The highest BCUT2D eigenvalue weighted by Gasteiger charge is 2.17. The molecule has 0 amide bonds. The maximum absolute atomic E-state index is 9.54. The van der Waals surface area contributed by atoms with Crippen LogP contribution in [0.1, 0.15) is 51.3 Å². The Bertz CT molecular complexity index is 402. The first-order chi connectivity index (χ1) is 10.6. The summed E-state index contributed by atoms with van der Waals surface area (Å²) in [5, 5.41) is 13.2. The highest BCUT2D eigenvalue weighted by molar-refractivity contribution is 5.08. The number of nitrogens with zero attached hydrogens (tertiary/aromatic N) is 2. The Kier molecular flexibility index (Phi) is 7.30. The van der Waals surface area contributed by atoms with Crippen LogP contribution in [0.3, 0.4) is 0 Å². The van der Waals surface area contributed by atoms with Crippen LogP contribution in [-0.2, 0) is 0 Å². The average molecular weight is 305 g/mol. The number of aliphatic hydroxyl groups excluding tert-OH is 1. The maximum Gasteiger partial charge on any atom is 0.0573 e. The van der Waals surface area contributed by atoms with Crippen LogP contribution in [0.2, 0.25) is 0 Å². The zero-order chi connectivity index (χ0) is 15.8. The molecule has 2 heterocycles. The molecule has 2 rings (SSSR count). The Morgan fingerprint density at radius 1 is 1.32 bits per heavy atom. The maximum atomic E-state index is 9.54. The van der Waals surface area contributed by atoms with Gasteiger partial charge in [0.25, 0.3) is 0 Å². The van der Waals surface area contributed by atoms with E-state index in [-0.39, 0.29) is 6.10 Å². The van der Waals surface area contributed by atoms with Gasteiger partial charge >= 0.3 is 0 Å². The van der Waals surface area contributed by atoms with E-state index in [0.717, 1.165) is 57.6 Å². The highest BCUT2D eigenvalue weighted by atomic mass is 16.3. The van der Waals surface area contributed by atoms with E-state index in [2.05, 4.69) is 41.2 Å². The van der Waals surface area contributed by atoms with E-state index in [1.165, 1.54) is 0 Å². The average Bonchev–Trinajstić information content (AvgIpc) is 2.52. The standard InChI is InChI=1S/C18H31N3O/c1-15(2)14-18(17-6-3-4-9-19-17)20-10-5-11-21-12-7-16(22)8-13-21/h3-4,6,9,15-16,18,20,22H,5,7-8,10-14H2,1-2H3. The van der Waals surface area contributed by atoms with Gasteiger partial charge in [-0.3, -0.25) is 4.98 Å². The minimum atomic E-state index is -0.0750. The van der Waals surface area contributed by atoms with Crippen LogP contribution in [0.4, 0.5) is 0 Å². The second-order valence-corrected chi connectivity index (χ2v) is 6.82. The molecule has 1 aliphatic rings. The first-order valence-electron chi connectivity index (χ1n) is 8.70. The number of piperidine rings is 1. The van der Waals surface area contributed by atoms with Crippen molar-refractivity contribution in [2.24, 2.45) is 5.92 Å². The molecule has 0 spiro atoms. The number of rotatable bonds is 8. The topological polar surface area (TPSA) is 48.4 Å². The zero-order valence-corrected chi connectivity index (χ0v) is 14.0. The molecule has 0 bridgehead atoms.